The van der Waals surface area contributed by atoms with Crippen molar-refractivity contribution in [2.75, 3.05) is 6.54 Å². The second kappa shape index (κ2) is 6.98. The van der Waals surface area contributed by atoms with Gasteiger partial charge in [0, 0.05) is 60.9 Å². The summed E-state index contributed by atoms with van der Waals surface area (Å²) in [5, 5.41) is 2.37. The predicted octanol–water partition coefficient (Wildman–Crippen LogP) is 2.94. The highest BCUT2D eigenvalue weighted by Gasteiger charge is 2.22. The maximum absolute atomic E-state index is 12.6. The molecule has 138 valence electrons. The Kier molecular flexibility index (Phi) is 4.18. The molecular weight excluding hydrogens is 350 g/mol. The largest absolute Gasteiger partial charge is 0.306 e. The number of aromatic nitrogens is 4. The third-order valence-corrected chi connectivity index (χ3v) is 5.27. The normalized spacial score (nSPS) is 14.1. The predicted molar refractivity (Wildman–Crippen MR) is 108 cm³/mol. The van der Waals surface area contributed by atoms with Gasteiger partial charge in [0.05, 0.1) is 5.69 Å². The van der Waals surface area contributed by atoms with E-state index >= 15 is 0 Å². The molecule has 1 N–H and O–H groups in total. The van der Waals surface area contributed by atoms with Crippen LogP contribution in [0.4, 0.5) is 0 Å². The second-order valence-electron chi connectivity index (χ2n) is 7.05. The average molecular weight is 369 g/mol. The lowest BCUT2D eigenvalue weighted by molar-refractivity contribution is 0.241. The lowest BCUT2D eigenvalue weighted by Crippen LogP contribution is -2.35. The molecule has 0 radical (unpaired) electrons. The second-order valence-corrected chi connectivity index (χ2v) is 7.05. The van der Waals surface area contributed by atoms with E-state index in [2.05, 4.69) is 44.1 Å². The fourth-order valence-electron chi connectivity index (χ4n) is 3.84. The number of benzene rings is 1. The van der Waals surface area contributed by atoms with E-state index in [0.717, 1.165) is 35.3 Å². The zero-order chi connectivity index (χ0) is 18.9. The summed E-state index contributed by atoms with van der Waals surface area (Å²) in [6.45, 7) is 2.33. The maximum Gasteiger partial charge on any atom is 0.254 e. The first-order valence-electron chi connectivity index (χ1n) is 9.34. The van der Waals surface area contributed by atoms with E-state index in [1.54, 1.807) is 12.4 Å². The summed E-state index contributed by atoms with van der Waals surface area (Å²) in [6.07, 6.45) is 7.85. The first kappa shape index (κ1) is 16.8. The SMILES string of the molecule is O=c1[nH]c(-c2ccncc2)nc2c1CCN(Cc1cccc3cnccc13)C2. The quantitative estimate of drug-likeness (QED) is 0.601. The van der Waals surface area contributed by atoms with Crippen LogP contribution in [0.2, 0.25) is 0 Å². The number of H-pyrrole nitrogens is 1. The molecule has 0 bridgehead atoms. The molecule has 6 heteroatoms. The van der Waals surface area contributed by atoms with E-state index in [-0.39, 0.29) is 5.56 Å². The van der Waals surface area contributed by atoms with Crippen molar-refractivity contribution in [2.24, 2.45) is 0 Å². The van der Waals surface area contributed by atoms with Gasteiger partial charge in [-0.3, -0.25) is 19.7 Å². The fraction of sp³-hybridized carbons (Fsp3) is 0.182. The Hall–Kier alpha value is -3.38. The van der Waals surface area contributed by atoms with Crippen molar-refractivity contribution in [1.29, 1.82) is 0 Å². The summed E-state index contributed by atoms with van der Waals surface area (Å²) in [5.74, 6) is 0.601. The van der Waals surface area contributed by atoms with Crippen LogP contribution in [-0.4, -0.2) is 31.4 Å². The third-order valence-electron chi connectivity index (χ3n) is 5.27. The van der Waals surface area contributed by atoms with Gasteiger partial charge in [0.2, 0.25) is 0 Å². The minimum Gasteiger partial charge on any atom is -0.306 e. The van der Waals surface area contributed by atoms with Crippen molar-refractivity contribution < 1.29 is 0 Å². The Morgan fingerprint density at radius 1 is 1.04 bits per heavy atom. The first-order valence-corrected chi connectivity index (χ1v) is 9.34. The molecule has 0 saturated carbocycles. The van der Waals surface area contributed by atoms with Crippen molar-refractivity contribution in [1.82, 2.24) is 24.8 Å². The Morgan fingerprint density at radius 3 is 2.79 bits per heavy atom. The van der Waals surface area contributed by atoms with Gasteiger partial charge in [-0.25, -0.2) is 4.98 Å². The summed E-state index contributed by atoms with van der Waals surface area (Å²) >= 11 is 0. The van der Waals surface area contributed by atoms with Gasteiger partial charge in [-0.05, 0) is 35.6 Å². The number of aromatic amines is 1. The van der Waals surface area contributed by atoms with Crippen LogP contribution in [0.3, 0.4) is 0 Å². The third kappa shape index (κ3) is 3.08. The molecule has 0 spiro atoms. The first-order chi connectivity index (χ1) is 13.8. The summed E-state index contributed by atoms with van der Waals surface area (Å²) in [5.41, 5.74) is 3.77. The maximum atomic E-state index is 12.6. The van der Waals surface area contributed by atoms with Crippen molar-refractivity contribution >= 4 is 10.8 Å². The van der Waals surface area contributed by atoms with Crippen LogP contribution in [0, 0.1) is 0 Å². The van der Waals surface area contributed by atoms with Gasteiger partial charge in [-0.15, -0.1) is 0 Å². The minimum atomic E-state index is -0.0345. The van der Waals surface area contributed by atoms with Crippen molar-refractivity contribution in [3.05, 3.63) is 88.4 Å². The Bertz CT molecular complexity index is 1200. The van der Waals surface area contributed by atoms with E-state index in [4.69, 9.17) is 4.98 Å². The van der Waals surface area contributed by atoms with Crippen LogP contribution in [0.1, 0.15) is 16.8 Å². The molecule has 6 nitrogen and oxygen atoms in total. The molecule has 4 heterocycles. The van der Waals surface area contributed by atoms with Crippen LogP contribution in [0.15, 0.2) is 66.0 Å². The highest BCUT2D eigenvalue weighted by molar-refractivity contribution is 5.84. The van der Waals surface area contributed by atoms with Gasteiger partial charge >= 0.3 is 0 Å². The molecule has 1 aromatic carbocycles. The van der Waals surface area contributed by atoms with Gasteiger partial charge < -0.3 is 4.98 Å². The summed E-state index contributed by atoms with van der Waals surface area (Å²) in [6, 6.07) is 12.1. The molecule has 0 fully saturated rings. The molecule has 0 aliphatic carbocycles. The number of rotatable bonds is 3. The van der Waals surface area contributed by atoms with E-state index < -0.39 is 0 Å². The smallest absolute Gasteiger partial charge is 0.254 e. The molecule has 0 atom stereocenters. The molecule has 1 aliphatic rings. The average Bonchev–Trinajstić information content (AvgIpc) is 2.74. The van der Waals surface area contributed by atoms with Crippen molar-refractivity contribution in [3.8, 4) is 11.4 Å². The lowest BCUT2D eigenvalue weighted by atomic mass is 10.0. The van der Waals surface area contributed by atoms with Gasteiger partial charge in [0.15, 0.2) is 0 Å². The zero-order valence-electron chi connectivity index (χ0n) is 15.3. The Balaban J connectivity index is 1.46. The molecule has 4 aromatic rings. The number of nitrogens with zero attached hydrogens (tertiary/aromatic N) is 4. The molecule has 28 heavy (non-hydrogen) atoms. The Labute approximate surface area is 161 Å². The van der Waals surface area contributed by atoms with Crippen LogP contribution < -0.4 is 5.56 Å². The fourth-order valence-corrected chi connectivity index (χ4v) is 3.84. The van der Waals surface area contributed by atoms with Gasteiger partial charge in [-0.2, -0.15) is 0 Å². The van der Waals surface area contributed by atoms with Crippen LogP contribution in [0.25, 0.3) is 22.2 Å². The molecule has 0 saturated heterocycles. The summed E-state index contributed by atoms with van der Waals surface area (Å²) in [7, 11) is 0. The zero-order valence-corrected chi connectivity index (χ0v) is 15.3. The topological polar surface area (TPSA) is 74.8 Å². The highest BCUT2D eigenvalue weighted by Crippen LogP contribution is 2.23. The number of fused-ring (bicyclic) bond motifs is 2. The van der Waals surface area contributed by atoms with E-state index in [1.807, 2.05) is 24.5 Å². The van der Waals surface area contributed by atoms with Crippen molar-refractivity contribution in [2.45, 2.75) is 19.5 Å². The Morgan fingerprint density at radius 2 is 1.89 bits per heavy atom. The number of hydrogen-bond donors (Lipinski definition) is 1. The van der Waals surface area contributed by atoms with Crippen LogP contribution in [0.5, 0.6) is 0 Å². The van der Waals surface area contributed by atoms with E-state index in [1.165, 1.54) is 10.9 Å². The summed E-state index contributed by atoms with van der Waals surface area (Å²) < 4.78 is 0. The van der Waals surface area contributed by atoms with Gasteiger partial charge in [0.1, 0.15) is 5.82 Å². The van der Waals surface area contributed by atoms with E-state index in [9.17, 15) is 4.79 Å². The standard InChI is InChI=1S/C22H19N5O/c28-22-19-7-11-27(13-17-3-1-2-16-12-24-10-6-18(16)17)14-20(19)25-21(26-22)15-4-8-23-9-5-15/h1-6,8-10,12H,7,11,13-14H2,(H,25,26,28). The van der Waals surface area contributed by atoms with Gasteiger partial charge in [0.25, 0.3) is 5.56 Å². The molecule has 0 unspecified atom stereocenters. The van der Waals surface area contributed by atoms with Crippen LogP contribution in [-0.2, 0) is 19.5 Å². The number of hydrogen-bond acceptors (Lipinski definition) is 5. The molecule has 3 aromatic heterocycles. The lowest BCUT2D eigenvalue weighted by Gasteiger charge is -2.28. The summed E-state index contributed by atoms with van der Waals surface area (Å²) in [4.78, 5) is 30.8. The minimum absolute atomic E-state index is 0.0345. The van der Waals surface area contributed by atoms with E-state index in [0.29, 0.717) is 18.8 Å². The molecule has 0 amide bonds. The molecule has 1 aliphatic heterocycles. The van der Waals surface area contributed by atoms with Crippen molar-refractivity contribution in [3.63, 3.8) is 0 Å². The number of nitrogens with one attached hydrogen (secondary N) is 1. The molecule has 5 rings (SSSR count). The monoisotopic (exact) mass is 369 g/mol. The highest BCUT2D eigenvalue weighted by atomic mass is 16.1. The number of pyridine rings is 2. The van der Waals surface area contributed by atoms with Crippen LogP contribution >= 0.6 is 0 Å². The molecular formula is C22H19N5O. The van der Waals surface area contributed by atoms with Gasteiger partial charge in [-0.1, -0.05) is 18.2 Å².